The first-order valence-electron chi connectivity index (χ1n) is 5.50. The molecular weight excluding hydrogens is 272 g/mol. The lowest BCUT2D eigenvalue weighted by Crippen LogP contribution is -2.39. The van der Waals surface area contributed by atoms with Crippen LogP contribution in [0.5, 0.6) is 0 Å². The lowest BCUT2D eigenvalue weighted by Gasteiger charge is -2.13. The summed E-state index contributed by atoms with van der Waals surface area (Å²) in [5.41, 5.74) is 1.41. The van der Waals surface area contributed by atoms with Crippen LogP contribution in [0.2, 0.25) is 5.02 Å². The standard InChI is InChI=1S/C12H15ClN2O4/c1-7-5-8(13)3-4-9(7)15-12(18)14-6-10(19-2)11(16)17/h3-5,10H,6H2,1-2H3,(H,16,17)(H2,14,15,18). The van der Waals surface area contributed by atoms with Crippen LogP contribution in [0.25, 0.3) is 0 Å². The number of methoxy groups -OCH3 is 1. The summed E-state index contributed by atoms with van der Waals surface area (Å²) in [4.78, 5) is 22.3. The van der Waals surface area contributed by atoms with Crippen molar-refractivity contribution in [1.82, 2.24) is 5.32 Å². The number of anilines is 1. The van der Waals surface area contributed by atoms with Crippen molar-refractivity contribution in [3.63, 3.8) is 0 Å². The zero-order chi connectivity index (χ0) is 14.4. The van der Waals surface area contributed by atoms with Crippen LogP contribution < -0.4 is 10.6 Å². The summed E-state index contributed by atoms with van der Waals surface area (Å²) >= 11 is 5.80. The van der Waals surface area contributed by atoms with Gasteiger partial charge < -0.3 is 20.5 Å². The molecule has 1 unspecified atom stereocenters. The maximum atomic E-state index is 11.6. The molecule has 0 saturated heterocycles. The Hall–Kier alpha value is -1.79. The molecule has 104 valence electrons. The third-order valence-corrected chi connectivity index (χ3v) is 2.68. The Morgan fingerprint density at radius 3 is 2.68 bits per heavy atom. The number of benzene rings is 1. The number of aryl methyl sites for hydroxylation is 1. The van der Waals surface area contributed by atoms with Crippen LogP contribution in [0.4, 0.5) is 10.5 Å². The quantitative estimate of drug-likeness (QED) is 0.771. The van der Waals surface area contributed by atoms with E-state index in [0.29, 0.717) is 10.7 Å². The van der Waals surface area contributed by atoms with Crippen molar-refractivity contribution >= 4 is 29.3 Å². The van der Waals surface area contributed by atoms with Crippen LogP contribution in [-0.4, -0.2) is 36.9 Å². The second-order valence-electron chi connectivity index (χ2n) is 3.86. The van der Waals surface area contributed by atoms with Gasteiger partial charge in [-0.05, 0) is 30.7 Å². The lowest BCUT2D eigenvalue weighted by atomic mass is 10.2. The fraction of sp³-hybridized carbons (Fsp3) is 0.333. The number of aliphatic carboxylic acids is 1. The van der Waals surface area contributed by atoms with E-state index in [1.54, 1.807) is 25.1 Å². The highest BCUT2D eigenvalue weighted by molar-refractivity contribution is 6.30. The molecule has 0 heterocycles. The molecule has 2 amide bonds. The molecular formula is C12H15ClN2O4. The summed E-state index contributed by atoms with van der Waals surface area (Å²) in [5, 5.41) is 14.3. The summed E-state index contributed by atoms with van der Waals surface area (Å²) in [6.45, 7) is 1.68. The van der Waals surface area contributed by atoms with Crippen LogP contribution >= 0.6 is 11.6 Å². The molecule has 19 heavy (non-hydrogen) atoms. The van der Waals surface area contributed by atoms with Gasteiger partial charge in [-0.25, -0.2) is 9.59 Å². The van der Waals surface area contributed by atoms with Crippen LogP contribution in [0, 0.1) is 6.92 Å². The van der Waals surface area contributed by atoms with Gasteiger partial charge in [0, 0.05) is 17.8 Å². The highest BCUT2D eigenvalue weighted by Crippen LogP contribution is 2.19. The number of urea groups is 1. The van der Waals surface area contributed by atoms with E-state index in [1.165, 1.54) is 7.11 Å². The van der Waals surface area contributed by atoms with Gasteiger partial charge in [0.2, 0.25) is 0 Å². The van der Waals surface area contributed by atoms with Crippen molar-refractivity contribution < 1.29 is 19.4 Å². The molecule has 0 aliphatic rings. The number of carboxylic acids is 1. The fourth-order valence-electron chi connectivity index (χ4n) is 1.39. The van der Waals surface area contributed by atoms with E-state index in [-0.39, 0.29) is 6.54 Å². The number of carbonyl (C=O) groups excluding carboxylic acids is 1. The molecule has 1 rings (SSSR count). The van der Waals surface area contributed by atoms with E-state index in [4.69, 9.17) is 21.4 Å². The molecule has 7 heteroatoms. The van der Waals surface area contributed by atoms with Gasteiger partial charge in [-0.3, -0.25) is 0 Å². The molecule has 3 N–H and O–H groups in total. The summed E-state index contributed by atoms with van der Waals surface area (Å²) in [6.07, 6.45) is -1.07. The van der Waals surface area contributed by atoms with E-state index in [2.05, 4.69) is 10.6 Å². The predicted molar refractivity (Wildman–Crippen MR) is 71.6 cm³/mol. The highest BCUT2D eigenvalue weighted by atomic mass is 35.5. The molecule has 0 aromatic heterocycles. The fourth-order valence-corrected chi connectivity index (χ4v) is 1.62. The Morgan fingerprint density at radius 1 is 1.47 bits per heavy atom. The zero-order valence-electron chi connectivity index (χ0n) is 10.6. The number of carbonyl (C=O) groups is 2. The molecule has 0 fully saturated rings. The number of halogens is 1. The number of carboxylic acid groups (broad SMARTS) is 1. The Labute approximate surface area is 115 Å². The van der Waals surface area contributed by atoms with Crippen LogP contribution in [0.15, 0.2) is 18.2 Å². The molecule has 1 aromatic rings. The Bertz CT molecular complexity index is 479. The first-order valence-corrected chi connectivity index (χ1v) is 5.88. The molecule has 0 saturated carbocycles. The van der Waals surface area contributed by atoms with Gasteiger partial charge in [-0.2, -0.15) is 0 Å². The third-order valence-electron chi connectivity index (χ3n) is 2.44. The number of nitrogens with one attached hydrogen (secondary N) is 2. The Balaban J connectivity index is 2.53. The monoisotopic (exact) mass is 286 g/mol. The van der Waals surface area contributed by atoms with Crippen molar-refractivity contribution in [3.8, 4) is 0 Å². The van der Waals surface area contributed by atoms with Crippen molar-refractivity contribution in [3.05, 3.63) is 28.8 Å². The summed E-state index contributed by atoms with van der Waals surface area (Å²) in [7, 11) is 1.27. The Kier molecular flexibility index (Phi) is 5.59. The van der Waals surface area contributed by atoms with Gasteiger partial charge in [0.15, 0.2) is 6.10 Å². The second kappa shape index (κ2) is 6.96. The van der Waals surface area contributed by atoms with Gasteiger partial charge >= 0.3 is 12.0 Å². The van der Waals surface area contributed by atoms with Gasteiger partial charge in [-0.15, -0.1) is 0 Å². The number of hydrogen-bond donors (Lipinski definition) is 3. The molecule has 0 aliphatic carbocycles. The summed E-state index contributed by atoms with van der Waals surface area (Å²) < 4.78 is 4.69. The average Bonchev–Trinajstić information content (AvgIpc) is 2.33. The van der Waals surface area contributed by atoms with Crippen molar-refractivity contribution in [2.45, 2.75) is 13.0 Å². The maximum absolute atomic E-state index is 11.6. The maximum Gasteiger partial charge on any atom is 0.334 e. The lowest BCUT2D eigenvalue weighted by molar-refractivity contribution is -0.147. The van der Waals surface area contributed by atoms with Crippen LogP contribution in [-0.2, 0) is 9.53 Å². The first kappa shape index (κ1) is 15.3. The summed E-state index contributed by atoms with van der Waals surface area (Å²) in [5.74, 6) is -1.13. The predicted octanol–water partition coefficient (Wildman–Crippen LogP) is 1.87. The minimum Gasteiger partial charge on any atom is -0.479 e. The topological polar surface area (TPSA) is 87.7 Å². The normalized spacial score (nSPS) is 11.7. The number of amides is 2. The van der Waals surface area contributed by atoms with Gasteiger partial charge in [0.1, 0.15) is 0 Å². The molecule has 1 atom stereocenters. The SMILES string of the molecule is COC(CNC(=O)Nc1ccc(Cl)cc1C)C(=O)O. The number of hydrogen-bond acceptors (Lipinski definition) is 3. The molecule has 1 aromatic carbocycles. The third kappa shape index (κ3) is 4.76. The van der Waals surface area contributed by atoms with Crippen LogP contribution in [0.1, 0.15) is 5.56 Å². The zero-order valence-corrected chi connectivity index (χ0v) is 11.3. The van der Waals surface area contributed by atoms with Crippen LogP contribution in [0.3, 0.4) is 0 Å². The van der Waals surface area contributed by atoms with Crippen molar-refractivity contribution in [2.75, 3.05) is 19.0 Å². The van der Waals surface area contributed by atoms with E-state index < -0.39 is 18.1 Å². The van der Waals surface area contributed by atoms with Gasteiger partial charge in [-0.1, -0.05) is 11.6 Å². The minimum absolute atomic E-state index is 0.121. The second-order valence-corrected chi connectivity index (χ2v) is 4.29. The van der Waals surface area contributed by atoms with E-state index in [9.17, 15) is 9.59 Å². The van der Waals surface area contributed by atoms with E-state index >= 15 is 0 Å². The van der Waals surface area contributed by atoms with Gasteiger partial charge in [0.25, 0.3) is 0 Å². The first-order chi connectivity index (χ1) is 8.93. The molecule has 0 spiro atoms. The van der Waals surface area contributed by atoms with Crippen molar-refractivity contribution in [1.29, 1.82) is 0 Å². The summed E-state index contributed by atoms with van der Waals surface area (Å²) in [6, 6.07) is 4.53. The van der Waals surface area contributed by atoms with E-state index in [0.717, 1.165) is 5.56 Å². The van der Waals surface area contributed by atoms with E-state index in [1.807, 2.05) is 0 Å². The minimum atomic E-state index is -1.13. The molecule has 6 nitrogen and oxygen atoms in total. The molecule has 0 aliphatic heterocycles. The molecule has 0 radical (unpaired) electrons. The highest BCUT2D eigenvalue weighted by Gasteiger charge is 2.17. The van der Waals surface area contributed by atoms with Gasteiger partial charge in [0.05, 0.1) is 6.54 Å². The smallest absolute Gasteiger partial charge is 0.334 e. The average molecular weight is 287 g/mol. The van der Waals surface area contributed by atoms with Crippen molar-refractivity contribution in [2.24, 2.45) is 0 Å². The Morgan fingerprint density at radius 2 is 2.16 bits per heavy atom. The molecule has 0 bridgehead atoms. The largest absolute Gasteiger partial charge is 0.479 e. The number of ether oxygens (including phenoxy) is 1. The number of rotatable bonds is 5.